The van der Waals surface area contributed by atoms with Gasteiger partial charge in [-0.25, -0.2) is 0 Å². The molecule has 1 fully saturated rings. The normalized spacial score (nSPS) is 22.2. The molecule has 1 aliphatic heterocycles. The quantitative estimate of drug-likeness (QED) is 0.913. The van der Waals surface area contributed by atoms with Gasteiger partial charge < -0.3 is 9.52 Å². The lowest BCUT2D eigenvalue weighted by atomic mass is 9.90. The number of likely N-dealkylation sites (tertiary alicyclic amines) is 1. The number of piperidine rings is 1. The van der Waals surface area contributed by atoms with E-state index in [4.69, 9.17) is 16.0 Å². The van der Waals surface area contributed by atoms with Crippen molar-refractivity contribution in [3.63, 3.8) is 0 Å². The lowest BCUT2D eigenvalue weighted by Crippen LogP contribution is -2.41. The van der Waals surface area contributed by atoms with E-state index in [0.717, 1.165) is 30.0 Å². The summed E-state index contributed by atoms with van der Waals surface area (Å²) in [6, 6.07) is 11.4. The molecule has 0 saturated carbocycles. The maximum absolute atomic E-state index is 11.3. The van der Waals surface area contributed by atoms with Gasteiger partial charge in [-0.05, 0) is 36.6 Å². The largest absolute Gasteiger partial charge is 0.481 e. The number of carboxylic acid groups (broad SMARTS) is 1. The summed E-state index contributed by atoms with van der Waals surface area (Å²) in [6.45, 7) is 4.19. The number of furan rings is 1. The summed E-state index contributed by atoms with van der Waals surface area (Å²) in [7, 11) is 0. The number of carboxylic acids is 1. The van der Waals surface area contributed by atoms with Crippen LogP contribution in [0.4, 0.5) is 0 Å². The highest BCUT2D eigenvalue weighted by Crippen LogP contribution is 2.30. The minimum absolute atomic E-state index is 0.295. The summed E-state index contributed by atoms with van der Waals surface area (Å²) < 4.78 is 5.91. The molecule has 0 radical (unpaired) electrons. The van der Waals surface area contributed by atoms with Crippen LogP contribution < -0.4 is 0 Å². The van der Waals surface area contributed by atoms with E-state index in [1.54, 1.807) is 0 Å². The van der Waals surface area contributed by atoms with Gasteiger partial charge in [0, 0.05) is 18.7 Å². The van der Waals surface area contributed by atoms with Crippen molar-refractivity contribution in [1.29, 1.82) is 0 Å². The van der Waals surface area contributed by atoms with Crippen LogP contribution in [0.15, 0.2) is 40.8 Å². The molecule has 122 valence electrons. The molecule has 0 bridgehead atoms. The van der Waals surface area contributed by atoms with Crippen molar-refractivity contribution in [2.24, 2.45) is 11.8 Å². The van der Waals surface area contributed by atoms with E-state index in [0.29, 0.717) is 24.0 Å². The first-order chi connectivity index (χ1) is 11.0. The minimum Gasteiger partial charge on any atom is -0.481 e. The van der Waals surface area contributed by atoms with Crippen LogP contribution in [-0.4, -0.2) is 29.1 Å². The van der Waals surface area contributed by atoms with E-state index in [9.17, 15) is 9.90 Å². The molecule has 3 rings (SSSR count). The number of rotatable bonds is 4. The third-order valence-corrected chi connectivity index (χ3v) is 4.59. The fraction of sp³-hybridized carbons (Fsp3) is 0.389. The fourth-order valence-corrected chi connectivity index (χ4v) is 3.49. The van der Waals surface area contributed by atoms with Gasteiger partial charge in [0.25, 0.3) is 0 Å². The van der Waals surface area contributed by atoms with Gasteiger partial charge in [0.15, 0.2) is 0 Å². The Morgan fingerprint density at radius 3 is 2.83 bits per heavy atom. The Bertz CT molecular complexity index is 697. The second-order valence-electron chi connectivity index (χ2n) is 6.32. The number of aliphatic carboxylic acids is 1. The molecule has 2 aromatic rings. The number of hydrogen-bond acceptors (Lipinski definition) is 3. The van der Waals surface area contributed by atoms with E-state index in [1.807, 2.05) is 36.4 Å². The second-order valence-corrected chi connectivity index (χ2v) is 6.72. The highest BCUT2D eigenvalue weighted by atomic mass is 35.5. The predicted molar refractivity (Wildman–Crippen MR) is 89.3 cm³/mol. The van der Waals surface area contributed by atoms with Crippen molar-refractivity contribution in [3.8, 4) is 11.3 Å². The highest BCUT2D eigenvalue weighted by molar-refractivity contribution is 6.33. The molecule has 1 N–H and O–H groups in total. The molecule has 1 aromatic heterocycles. The predicted octanol–water partition coefficient (Wildman–Crippen LogP) is 4.14. The van der Waals surface area contributed by atoms with E-state index >= 15 is 0 Å². The summed E-state index contributed by atoms with van der Waals surface area (Å²) in [4.78, 5) is 13.4. The van der Waals surface area contributed by atoms with Crippen molar-refractivity contribution in [2.45, 2.75) is 19.9 Å². The topological polar surface area (TPSA) is 53.7 Å². The molecule has 5 heteroatoms. The number of carbonyl (C=O) groups is 1. The van der Waals surface area contributed by atoms with Gasteiger partial charge in [-0.2, -0.15) is 0 Å². The molecular formula is C18H20ClNO3. The minimum atomic E-state index is -0.710. The Hall–Kier alpha value is -1.78. The number of nitrogens with zero attached hydrogens (tertiary/aromatic N) is 1. The molecular weight excluding hydrogens is 314 g/mol. The van der Waals surface area contributed by atoms with Crippen molar-refractivity contribution in [2.75, 3.05) is 13.1 Å². The first-order valence-electron chi connectivity index (χ1n) is 7.81. The fourth-order valence-electron chi connectivity index (χ4n) is 3.26. The van der Waals surface area contributed by atoms with Crippen LogP contribution in [0.3, 0.4) is 0 Å². The number of benzene rings is 1. The maximum Gasteiger partial charge on any atom is 0.307 e. The molecule has 23 heavy (non-hydrogen) atoms. The van der Waals surface area contributed by atoms with Crippen molar-refractivity contribution in [3.05, 3.63) is 47.2 Å². The van der Waals surface area contributed by atoms with Gasteiger partial charge in [0.1, 0.15) is 11.5 Å². The van der Waals surface area contributed by atoms with Crippen LogP contribution in [0, 0.1) is 11.8 Å². The molecule has 1 aliphatic rings. The average Bonchev–Trinajstić information content (AvgIpc) is 2.95. The van der Waals surface area contributed by atoms with Gasteiger partial charge in [0.05, 0.1) is 17.5 Å². The van der Waals surface area contributed by atoms with E-state index in [-0.39, 0.29) is 5.92 Å². The van der Waals surface area contributed by atoms with Crippen molar-refractivity contribution in [1.82, 2.24) is 4.90 Å². The second kappa shape index (κ2) is 6.77. The Morgan fingerprint density at radius 2 is 2.09 bits per heavy atom. The monoisotopic (exact) mass is 333 g/mol. The Labute approximate surface area is 140 Å². The van der Waals surface area contributed by atoms with Gasteiger partial charge in [-0.1, -0.05) is 30.7 Å². The lowest BCUT2D eigenvalue weighted by Gasteiger charge is -2.34. The van der Waals surface area contributed by atoms with Crippen molar-refractivity contribution < 1.29 is 14.3 Å². The number of hydrogen-bond donors (Lipinski definition) is 1. The van der Waals surface area contributed by atoms with Crippen LogP contribution in [0.25, 0.3) is 11.3 Å². The Balaban J connectivity index is 1.72. The SMILES string of the molecule is CC1CC(C(=O)O)CN(Cc2ccc(-c3ccccc3Cl)o2)C1. The van der Waals surface area contributed by atoms with E-state index in [1.165, 1.54) is 0 Å². The van der Waals surface area contributed by atoms with Crippen molar-refractivity contribution >= 4 is 17.6 Å². The average molecular weight is 334 g/mol. The van der Waals surface area contributed by atoms with Gasteiger partial charge in [-0.15, -0.1) is 0 Å². The lowest BCUT2D eigenvalue weighted by molar-refractivity contribution is -0.144. The van der Waals surface area contributed by atoms with Gasteiger partial charge in [0.2, 0.25) is 0 Å². The zero-order chi connectivity index (χ0) is 16.4. The number of halogens is 1. The van der Waals surface area contributed by atoms with E-state index < -0.39 is 5.97 Å². The van der Waals surface area contributed by atoms with E-state index in [2.05, 4.69) is 11.8 Å². The van der Waals surface area contributed by atoms with Gasteiger partial charge in [-0.3, -0.25) is 9.69 Å². The molecule has 0 spiro atoms. The molecule has 2 unspecified atom stereocenters. The first-order valence-corrected chi connectivity index (χ1v) is 8.19. The first kappa shape index (κ1) is 16.1. The Morgan fingerprint density at radius 1 is 1.30 bits per heavy atom. The van der Waals surface area contributed by atoms with Crippen LogP contribution in [-0.2, 0) is 11.3 Å². The summed E-state index contributed by atoms with van der Waals surface area (Å²) in [5.74, 6) is 0.945. The summed E-state index contributed by atoms with van der Waals surface area (Å²) in [5, 5.41) is 9.92. The molecule has 1 aromatic carbocycles. The zero-order valence-electron chi connectivity index (χ0n) is 13.0. The Kier molecular flexibility index (Phi) is 4.74. The molecule has 0 aliphatic carbocycles. The standard InChI is InChI=1S/C18H20ClNO3/c1-12-8-13(18(21)22)10-20(9-12)11-14-6-7-17(23-14)15-4-2-3-5-16(15)19/h2-7,12-13H,8-11H2,1H3,(H,21,22). The maximum atomic E-state index is 11.3. The van der Waals surface area contributed by atoms with Crippen LogP contribution in [0.5, 0.6) is 0 Å². The van der Waals surface area contributed by atoms with Gasteiger partial charge >= 0.3 is 5.97 Å². The smallest absolute Gasteiger partial charge is 0.307 e. The highest BCUT2D eigenvalue weighted by Gasteiger charge is 2.29. The van der Waals surface area contributed by atoms with Crippen LogP contribution >= 0.6 is 11.6 Å². The summed E-state index contributed by atoms with van der Waals surface area (Å²) >= 11 is 6.20. The molecule has 2 heterocycles. The molecule has 1 saturated heterocycles. The molecule has 0 amide bonds. The van der Waals surface area contributed by atoms with Crippen LogP contribution in [0.1, 0.15) is 19.1 Å². The summed E-state index contributed by atoms with van der Waals surface area (Å²) in [6.07, 6.45) is 0.745. The third kappa shape index (κ3) is 3.77. The molecule has 2 atom stereocenters. The molecule has 4 nitrogen and oxygen atoms in total. The van der Waals surface area contributed by atoms with Crippen LogP contribution in [0.2, 0.25) is 5.02 Å². The zero-order valence-corrected chi connectivity index (χ0v) is 13.8. The third-order valence-electron chi connectivity index (χ3n) is 4.26. The summed E-state index contributed by atoms with van der Waals surface area (Å²) in [5.41, 5.74) is 0.871.